The van der Waals surface area contributed by atoms with E-state index in [0.29, 0.717) is 12.5 Å². The zero-order valence-corrected chi connectivity index (χ0v) is 8.84. The number of nitrogens with one attached hydrogen (secondary N) is 1. The van der Waals surface area contributed by atoms with Crippen molar-refractivity contribution in [2.45, 2.75) is 12.8 Å². The van der Waals surface area contributed by atoms with Crippen LogP contribution in [0.2, 0.25) is 0 Å². The summed E-state index contributed by atoms with van der Waals surface area (Å²) in [6.07, 6.45) is 3.85. The average Bonchev–Trinajstić information content (AvgIpc) is 2.86. The van der Waals surface area contributed by atoms with Crippen molar-refractivity contribution < 1.29 is 0 Å². The number of thiazole rings is 1. The summed E-state index contributed by atoms with van der Waals surface area (Å²) in [5.74, 6) is 0.354. The largest absolute Gasteiger partial charge is 0.367 e. The maximum Gasteiger partial charge on any atom is 0.0973 e. The molecule has 0 aliphatic carbocycles. The van der Waals surface area contributed by atoms with Gasteiger partial charge in [0, 0.05) is 35.8 Å². The molecule has 2 aromatic heterocycles. The van der Waals surface area contributed by atoms with Gasteiger partial charge in [0.15, 0.2) is 0 Å². The predicted octanol–water partition coefficient (Wildman–Crippen LogP) is 2.20. The van der Waals surface area contributed by atoms with Crippen LogP contribution in [0.25, 0.3) is 11.3 Å². The van der Waals surface area contributed by atoms with E-state index in [1.807, 2.05) is 18.5 Å². The Morgan fingerprint density at radius 2 is 2.50 bits per heavy atom. The molecular formula is C10H13N3S. The van der Waals surface area contributed by atoms with Crippen molar-refractivity contribution in [1.82, 2.24) is 9.97 Å². The highest BCUT2D eigenvalue weighted by Crippen LogP contribution is 2.25. The summed E-state index contributed by atoms with van der Waals surface area (Å²) in [6.45, 7) is 2.75. The summed E-state index contributed by atoms with van der Waals surface area (Å²) in [4.78, 5) is 7.56. The molecule has 4 heteroatoms. The quantitative estimate of drug-likeness (QED) is 0.810. The van der Waals surface area contributed by atoms with Crippen molar-refractivity contribution in [3.63, 3.8) is 0 Å². The van der Waals surface area contributed by atoms with Gasteiger partial charge in [-0.05, 0) is 6.07 Å². The molecule has 2 rings (SSSR count). The highest BCUT2D eigenvalue weighted by atomic mass is 32.1. The summed E-state index contributed by atoms with van der Waals surface area (Å²) in [6, 6.07) is 2.02. The maximum absolute atomic E-state index is 5.59. The summed E-state index contributed by atoms with van der Waals surface area (Å²) >= 11 is 1.68. The molecular weight excluding hydrogens is 194 g/mol. The summed E-state index contributed by atoms with van der Waals surface area (Å²) in [5.41, 5.74) is 7.76. The minimum Gasteiger partial charge on any atom is -0.367 e. The minimum absolute atomic E-state index is 0.354. The van der Waals surface area contributed by atoms with E-state index >= 15 is 0 Å². The zero-order valence-electron chi connectivity index (χ0n) is 8.03. The molecule has 3 nitrogen and oxygen atoms in total. The van der Waals surface area contributed by atoms with Crippen molar-refractivity contribution in [3.8, 4) is 11.3 Å². The Labute approximate surface area is 87.0 Å². The Bertz CT molecular complexity index is 391. The molecule has 0 saturated heterocycles. The molecule has 1 unspecified atom stereocenters. The van der Waals surface area contributed by atoms with Crippen LogP contribution in [-0.2, 0) is 0 Å². The van der Waals surface area contributed by atoms with Gasteiger partial charge in [0.05, 0.1) is 10.7 Å². The molecule has 2 heterocycles. The van der Waals surface area contributed by atoms with E-state index in [2.05, 4.69) is 22.3 Å². The lowest BCUT2D eigenvalue weighted by Gasteiger charge is -2.01. The molecule has 0 saturated carbocycles. The Morgan fingerprint density at radius 1 is 1.64 bits per heavy atom. The van der Waals surface area contributed by atoms with Gasteiger partial charge in [-0.2, -0.15) is 0 Å². The van der Waals surface area contributed by atoms with Gasteiger partial charge >= 0.3 is 0 Å². The highest BCUT2D eigenvalue weighted by molar-refractivity contribution is 7.10. The second-order valence-corrected chi connectivity index (χ2v) is 4.20. The monoisotopic (exact) mass is 207 g/mol. The molecule has 1 atom stereocenters. The van der Waals surface area contributed by atoms with E-state index in [1.165, 1.54) is 0 Å². The number of aromatic amines is 1. The predicted molar refractivity (Wildman–Crippen MR) is 59.4 cm³/mol. The number of nitrogens with two attached hydrogens (primary N) is 1. The van der Waals surface area contributed by atoms with Crippen LogP contribution in [0.1, 0.15) is 17.8 Å². The molecule has 0 radical (unpaired) electrons. The van der Waals surface area contributed by atoms with Gasteiger partial charge in [0.1, 0.15) is 0 Å². The van der Waals surface area contributed by atoms with Gasteiger partial charge in [-0.25, -0.2) is 4.98 Å². The lowest BCUT2D eigenvalue weighted by molar-refractivity contribution is 0.766. The first kappa shape index (κ1) is 9.43. The number of nitrogens with zero attached hydrogens (tertiary/aromatic N) is 1. The molecule has 14 heavy (non-hydrogen) atoms. The van der Waals surface area contributed by atoms with E-state index in [0.717, 1.165) is 16.3 Å². The first-order valence-corrected chi connectivity index (χ1v) is 5.48. The van der Waals surface area contributed by atoms with Gasteiger partial charge in [0.2, 0.25) is 0 Å². The van der Waals surface area contributed by atoms with E-state index < -0.39 is 0 Å². The fraction of sp³-hybridized carbons (Fsp3) is 0.300. The van der Waals surface area contributed by atoms with Gasteiger partial charge in [-0.1, -0.05) is 6.92 Å². The van der Waals surface area contributed by atoms with Gasteiger partial charge in [0.25, 0.3) is 0 Å². The SMILES string of the molecule is CC(CN)c1nc(-c2cc[nH]c2)cs1. The molecule has 74 valence electrons. The van der Waals surface area contributed by atoms with E-state index in [1.54, 1.807) is 11.3 Å². The fourth-order valence-electron chi connectivity index (χ4n) is 1.23. The molecule has 2 aromatic rings. The lowest BCUT2D eigenvalue weighted by Crippen LogP contribution is -2.08. The van der Waals surface area contributed by atoms with Crippen molar-refractivity contribution in [2.75, 3.05) is 6.54 Å². The van der Waals surface area contributed by atoms with Crippen LogP contribution < -0.4 is 5.73 Å². The Kier molecular flexibility index (Phi) is 2.65. The van der Waals surface area contributed by atoms with Crippen LogP contribution in [0.15, 0.2) is 23.8 Å². The van der Waals surface area contributed by atoms with Crippen molar-refractivity contribution in [1.29, 1.82) is 0 Å². The number of hydrogen-bond donors (Lipinski definition) is 2. The van der Waals surface area contributed by atoms with E-state index in [4.69, 9.17) is 5.73 Å². The topological polar surface area (TPSA) is 54.7 Å². The zero-order chi connectivity index (χ0) is 9.97. The molecule has 0 aliphatic rings. The second kappa shape index (κ2) is 3.94. The van der Waals surface area contributed by atoms with Crippen LogP contribution >= 0.6 is 11.3 Å². The summed E-state index contributed by atoms with van der Waals surface area (Å²) < 4.78 is 0. The Balaban J connectivity index is 2.26. The molecule has 0 aliphatic heterocycles. The maximum atomic E-state index is 5.59. The summed E-state index contributed by atoms with van der Waals surface area (Å²) in [7, 11) is 0. The third kappa shape index (κ3) is 1.71. The molecule has 0 spiro atoms. The van der Waals surface area contributed by atoms with Crippen LogP contribution in [0.3, 0.4) is 0 Å². The van der Waals surface area contributed by atoms with Crippen LogP contribution in [0.4, 0.5) is 0 Å². The average molecular weight is 207 g/mol. The Hall–Kier alpha value is -1.13. The number of hydrogen-bond acceptors (Lipinski definition) is 3. The molecule has 3 N–H and O–H groups in total. The normalized spacial score (nSPS) is 13.0. The van der Waals surface area contributed by atoms with Gasteiger partial charge in [-0.15, -0.1) is 11.3 Å². The third-order valence-electron chi connectivity index (χ3n) is 2.19. The smallest absolute Gasteiger partial charge is 0.0973 e. The van der Waals surface area contributed by atoms with Crippen molar-refractivity contribution >= 4 is 11.3 Å². The van der Waals surface area contributed by atoms with Crippen molar-refractivity contribution in [3.05, 3.63) is 28.8 Å². The number of rotatable bonds is 3. The van der Waals surface area contributed by atoms with E-state index in [9.17, 15) is 0 Å². The van der Waals surface area contributed by atoms with Crippen LogP contribution in [-0.4, -0.2) is 16.5 Å². The number of H-pyrrole nitrogens is 1. The molecule has 0 aromatic carbocycles. The first-order valence-electron chi connectivity index (χ1n) is 4.60. The van der Waals surface area contributed by atoms with Gasteiger partial charge < -0.3 is 10.7 Å². The summed E-state index contributed by atoms with van der Waals surface area (Å²) in [5, 5.41) is 3.19. The van der Waals surface area contributed by atoms with Crippen LogP contribution in [0, 0.1) is 0 Å². The van der Waals surface area contributed by atoms with Crippen molar-refractivity contribution in [2.24, 2.45) is 5.73 Å². The molecule has 0 bridgehead atoms. The molecule has 0 fully saturated rings. The molecule has 0 amide bonds. The Morgan fingerprint density at radius 3 is 3.14 bits per heavy atom. The second-order valence-electron chi connectivity index (χ2n) is 3.31. The fourth-order valence-corrected chi connectivity index (χ4v) is 2.13. The van der Waals surface area contributed by atoms with Gasteiger partial charge in [-0.3, -0.25) is 0 Å². The first-order chi connectivity index (χ1) is 6.81. The standard InChI is InChI=1S/C10H13N3S/c1-7(4-11)10-13-9(6-14-10)8-2-3-12-5-8/h2-3,5-7,12H,4,11H2,1H3. The van der Waals surface area contributed by atoms with Crippen LogP contribution in [0.5, 0.6) is 0 Å². The highest BCUT2D eigenvalue weighted by Gasteiger charge is 2.09. The third-order valence-corrected chi connectivity index (χ3v) is 3.27. The van der Waals surface area contributed by atoms with E-state index in [-0.39, 0.29) is 0 Å². The number of aromatic nitrogens is 2. The minimum atomic E-state index is 0.354. The lowest BCUT2D eigenvalue weighted by atomic mass is 10.2.